The van der Waals surface area contributed by atoms with E-state index in [-0.39, 0.29) is 11.2 Å². The lowest BCUT2D eigenvalue weighted by molar-refractivity contribution is -0.120. The predicted molar refractivity (Wildman–Crippen MR) is 71.6 cm³/mol. The Morgan fingerprint density at radius 2 is 2.06 bits per heavy atom. The Labute approximate surface area is 106 Å². The van der Waals surface area contributed by atoms with Gasteiger partial charge in [-0.1, -0.05) is 24.0 Å². The molecule has 2 fully saturated rings. The highest BCUT2D eigenvalue weighted by Crippen LogP contribution is 2.23. The maximum atomic E-state index is 11.7. The van der Waals surface area contributed by atoms with Crippen LogP contribution in [0.4, 0.5) is 0 Å². The molecule has 1 aliphatic heterocycles. The van der Waals surface area contributed by atoms with Gasteiger partial charge in [0.15, 0.2) is 0 Å². The summed E-state index contributed by atoms with van der Waals surface area (Å²) in [5.41, 5.74) is 0. The molecule has 1 amide bonds. The van der Waals surface area contributed by atoms with Crippen molar-refractivity contribution in [3.05, 3.63) is 0 Å². The van der Waals surface area contributed by atoms with Crippen molar-refractivity contribution in [1.29, 1.82) is 0 Å². The third kappa shape index (κ3) is 3.35. The number of rotatable bonds is 3. The number of nitrogens with zero attached hydrogens (tertiary/aromatic N) is 1. The Morgan fingerprint density at radius 3 is 2.62 bits per heavy atom. The molecule has 0 aromatic rings. The first-order valence-electron chi connectivity index (χ1n) is 5.93. The van der Waals surface area contributed by atoms with E-state index in [0.717, 1.165) is 30.3 Å². The molecule has 2 aliphatic rings. The molecule has 1 N–H and O–H groups in total. The highest BCUT2D eigenvalue weighted by Gasteiger charge is 2.27. The Balaban J connectivity index is 1.73. The summed E-state index contributed by atoms with van der Waals surface area (Å²) < 4.78 is 0.885. The molecule has 5 heteroatoms. The Hall–Kier alpha value is -0.290. The summed E-state index contributed by atoms with van der Waals surface area (Å²) in [7, 11) is 0. The van der Waals surface area contributed by atoms with Crippen molar-refractivity contribution in [2.75, 3.05) is 13.1 Å². The summed E-state index contributed by atoms with van der Waals surface area (Å²) in [4.78, 5) is 13.9. The summed E-state index contributed by atoms with van der Waals surface area (Å²) in [5, 5.41) is 2.95. The molecule has 3 nitrogen and oxygen atoms in total. The van der Waals surface area contributed by atoms with Crippen molar-refractivity contribution in [3.63, 3.8) is 0 Å². The molecule has 2 rings (SSSR count). The van der Waals surface area contributed by atoms with Crippen LogP contribution in [0, 0.1) is 0 Å². The van der Waals surface area contributed by atoms with Crippen LogP contribution in [0.15, 0.2) is 0 Å². The maximum absolute atomic E-state index is 11.7. The predicted octanol–water partition coefficient (Wildman–Crippen LogP) is 1.77. The Morgan fingerprint density at radius 1 is 1.44 bits per heavy atom. The van der Waals surface area contributed by atoms with Crippen LogP contribution in [0.5, 0.6) is 0 Å². The summed E-state index contributed by atoms with van der Waals surface area (Å²) in [6.07, 6.45) is 4.73. The Kier molecular flexibility index (Phi) is 4.08. The molecule has 0 radical (unpaired) electrons. The molecule has 1 heterocycles. The van der Waals surface area contributed by atoms with Gasteiger partial charge in [-0.2, -0.15) is 0 Å². The molecule has 0 spiro atoms. The smallest absolute Gasteiger partial charge is 0.233 e. The van der Waals surface area contributed by atoms with E-state index < -0.39 is 0 Å². The number of thiocarbonyl (C=S) groups is 1. The van der Waals surface area contributed by atoms with E-state index in [4.69, 9.17) is 12.2 Å². The van der Waals surface area contributed by atoms with E-state index in [2.05, 4.69) is 10.2 Å². The van der Waals surface area contributed by atoms with Gasteiger partial charge in [0.05, 0.1) is 5.25 Å². The van der Waals surface area contributed by atoms with Gasteiger partial charge in [-0.05, 0) is 32.6 Å². The number of likely N-dealkylation sites (tertiary alicyclic amines) is 1. The molecular formula is C11H18N2OS2. The molecule has 0 aromatic carbocycles. The number of carbonyl (C=O) groups excluding carboxylic acids is 1. The van der Waals surface area contributed by atoms with Crippen molar-refractivity contribution in [2.45, 2.75) is 43.9 Å². The molecule has 90 valence electrons. The highest BCUT2D eigenvalue weighted by atomic mass is 32.2. The van der Waals surface area contributed by atoms with E-state index in [1.807, 2.05) is 6.92 Å². The van der Waals surface area contributed by atoms with Crippen molar-refractivity contribution < 1.29 is 4.79 Å². The van der Waals surface area contributed by atoms with E-state index in [1.54, 1.807) is 0 Å². The third-order valence-corrected chi connectivity index (χ3v) is 4.51. The van der Waals surface area contributed by atoms with Crippen LogP contribution < -0.4 is 5.32 Å². The van der Waals surface area contributed by atoms with E-state index in [1.165, 1.54) is 24.6 Å². The zero-order valence-electron chi connectivity index (χ0n) is 9.57. The van der Waals surface area contributed by atoms with Gasteiger partial charge in [0.25, 0.3) is 0 Å². The number of amides is 1. The van der Waals surface area contributed by atoms with Gasteiger partial charge in [-0.25, -0.2) is 0 Å². The minimum Gasteiger partial charge on any atom is -0.358 e. The lowest BCUT2D eigenvalue weighted by Gasteiger charge is -2.20. The third-order valence-electron chi connectivity index (χ3n) is 2.93. The second-order valence-electron chi connectivity index (χ2n) is 4.50. The summed E-state index contributed by atoms with van der Waals surface area (Å²) >= 11 is 6.87. The topological polar surface area (TPSA) is 32.3 Å². The van der Waals surface area contributed by atoms with Crippen LogP contribution in [-0.4, -0.2) is 39.5 Å². The largest absolute Gasteiger partial charge is 0.358 e. The molecular weight excluding hydrogens is 240 g/mol. The number of hydrogen-bond donors (Lipinski definition) is 1. The van der Waals surface area contributed by atoms with Gasteiger partial charge >= 0.3 is 0 Å². The monoisotopic (exact) mass is 258 g/mol. The van der Waals surface area contributed by atoms with Crippen LogP contribution in [0.25, 0.3) is 0 Å². The number of nitrogens with one attached hydrogen (secondary N) is 1. The minimum absolute atomic E-state index is 0.0614. The Bertz CT molecular complexity index is 286. The molecule has 1 atom stereocenters. The van der Waals surface area contributed by atoms with E-state index in [9.17, 15) is 4.79 Å². The van der Waals surface area contributed by atoms with Crippen molar-refractivity contribution >= 4 is 34.2 Å². The second-order valence-corrected chi connectivity index (χ2v) is 6.48. The lowest BCUT2D eigenvalue weighted by atomic mass is 10.4. The van der Waals surface area contributed by atoms with E-state index >= 15 is 0 Å². The minimum atomic E-state index is -0.0614. The molecule has 0 bridgehead atoms. The summed E-state index contributed by atoms with van der Waals surface area (Å²) in [6.45, 7) is 4.05. The normalized spacial score (nSPS) is 21.9. The fraction of sp³-hybridized carbons (Fsp3) is 0.818. The van der Waals surface area contributed by atoms with Gasteiger partial charge in [-0.3, -0.25) is 4.79 Å². The van der Waals surface area contributed by atoms with Gasteiger partial charge < -0.3 is 10.2 Å². The maximum Gasteiger partial charge on any atom is 0.233 e. The van der Waals surface area contributed by atoms with Crippen LogP contribution in [0.2, 0.25) is 0 Å². The van der Waals surface area contributed by atoms with Crippen LogP contribution in [0.3, 0.4) is 0 Å². The van der Waals surface area contributed by atoms with Crippen LogP contribution in [-0.2, 0) is 4.79 Å². The van der Waals surface area contributed by atoms with Crippen LogP contribution >= 0.6 is 24.0 Å². The molecule has 16 heavy (non-hydrogen) atoms. The SMILES string of the molecule is CC(SC(=S)N1CCCC1)C(=O)NC1CC1. The molecule has 0 aromatic heterocycles. The second kappa shape index (κ2) is 5.36. The van der Waals surface area contributed by atoms with Gasteiger partial charge in [-0.15, -0.1) is 0 Å². The standard InChI is InChI=1S/C11H18N2OS2/c1-8(10(14)12-9-4-5-9)16-11(15)13-6-2-3-7-13/h8-9H,2-7H2,1H3,(H,12,14). The fourth-order valence-electron chi connectivity index (χ4n) is 1.73. The highest BCUT2D eigenvalue weighted by molar-refractivity contribution is 8.23. The first-order valence-corrected chi connectivity index (χ1v) is 7.21. The van der Waals surface area contributed by atoms with Gasteiger partial charge in [0.1, 0.15) is 4.32 Å². The van der Waals surface area contributed by atoms with Gasteiger partial charge in [0.2, 0.25) is 5.91 Å². The quantitative estimate of drug-likeness (QED) is 0.782. The average molecular weight is 258 g/mol. The van der Waals surface area contributed by atoms with Crippen molar-refractivity contribution in [2.24, 2.45) is 0 Å². The fourth-order valence-corrected chi connectivity index (χ4v) is 3.15. The molecule has 1 saturated heterocycles. The van der Waals surface area contributed by atoms with Crippen molar-refractivity contribution in [1.82, 2.24) is 10.2 Å². The van der Waals surface area contributed by atoms with Crippen molar-refractivity contribution in [3.8, 4) is 0 Å². The number of hydrogen-bond acceptors (Lipinski definition) is 3. The van der Waals surface area contributed by atoms with Crippen LogP contribution in [0.1, 0.15) is 32.6 Å². The summed E-state index contributed by atoms with van der Waals surface area (Å²) in [5.74, 6) is 0.133. The first-order chi connectivity index (χ1) is 7.66. The van der Waals surface area contributed by atoms with E-state index in [0.29, 0.717) is 6.04 Å². The van der Waals surface area contributed by atoms with Gasteiger partial charge in [0, 0.05) is 19.1 Å². The number of thioether (sulfide) groups is 1. The molecule has 1 unspecified atom stereocenters. The zero-order valence-corrected chi connectivity index (χ0v) is 11.2. The first kappa shape index (κ1) is 12.2. The molecule has 1 aliphatic carbocycles. The average Bonchev–Trinajstić information content (AvgIpc) is 2.89. The zero-order chi connectivity index (χ0) is 11.5. The number of carbonyl (C=O) groups is 1. The molecule has 1 saturated carbocycles. The lowest BCUT2D eigenvalue weighted by Crippen LogP contribution is -2.35. The summed E-state index contributed by atoms with van der Waals surface area (Å²) in [6, 6.07) is 0.441.